The molecule has 0 saturated carbocycles. The van der Waals surface area contributed by atoms with E-state index in [1.54, 1.807) is 38.1 Å². The van der Waals surface area contributed by atoms with Gasteiger partial charge in [-0.2, -0.15) is 0 Å². The first kappa shape index (κ1) is 19.7. The third-order valence-corrected chi connectivity index (χ3v) is 5.05. The number of ether oxygens (including phenoxy) is 2. The number of benzene rings is 3. The summed E-state index contributed by atoms with van der Waals surface area (Å²) < 4.78 is 10.7. The summed E-state index contributed by atoms with van der Waals surface area (Å²) in [6.45, 7) is 3.84. The SMILES string of the molecule is CC(C)OC(=O)c1ccc(NC(=O)OCC2c3ccccc3-c3ccccc32)cc1. The molecule has 0 saturated heterocycles. The van der Waals surface area contributed by atoms with Crippen molar-refractivity contribution in [1.82, 2.24) is 0 Å². The zero-order chi connectivity index (χ0) is 21.1. The van der Waals surface area contributed by atoms with Crippen molar-refractivity contribution in [3.63, 3.8) is 0 Å². The zero-order valence-electron chi connectivity index (χ0n) is 16.9. The lowest BCUT2D eigenvalue weighted by Gasteiger charge is -2.14. The molecule has 3 aromatic rings. The molecule has 3 aromatic carbocycles. The monoisotopic (exact) mass is 401 g/mol. The fraction of sp³-hybridized carbons (Fsp3) is 0.200. The molecular formula is C25H23NO4. The average Bonchev–Trinajstić information content (AvgIpc) is 3.06. The highest BCUT2D eigenvalue weighted by atomic mass is 16.5. The van der Waals surface area contributed by atoms with E-state index in [1.807, 2.05) is 24.3 Å². The average molecular weight is 401 g/mol. The van der Waals surface area contributed by atoms with Crippen LogP contribution in [0.4, 0.5) is 10.5 Å². The first-order valence-electron chi connectivity index (χ1n) is 9.96. The van der Waals surface area contributed by atoms with Crippen LogP contribution >= 0.6 is 0 Å². The number of carbonyl (C=O) groups is 2. The summed E-state index contributed by atoms with van der Waals surface area (Å²) in [4.78, 5) is 24.2. The lowest BCUT2D eigenvalue weighted by atomic mass is 9.98. The maximum Gasteiger partial charge on any atom is 0.411 e. The van der Waals surface area contributed by atoms with Gasteiger partial charge in [0.1, 0.15) is 6.61 Å². The minimum absolute atomic E-state index is 0.0105. The van der Waals surface area contributed by atoms with Crippen LogP contribution in [0.1, 0.15) is 41.3 Å². The highest BCUT2D eigenvalue weighted by Crippen LogP contribution is 2.44. The molecule has 0 unspecified atom stereocenters. The zero-order valence-corrected chi connectivity index (χ0v) is 16.9. The molecule has 1 aliphatic rings. The van der Waals surface area contributed by atoms with Gasteiger partial charge in [0.05, 0.1) is 11.7 Å². The predicted molar refractivity (Wildman–Crippen MR) is 116 cm³/mol. The van der Waals surface area contributed by atoms with Crippen molar-refractivity contribution in [1.29, 1.82) is 0 Å². The minimum Gasteiger partial charge on any atom is -0.459 e. The Morgan fingerprint density at radius 1 is 0.867 bits per heavy atom. The summed E-state index contributed by atoms with van der Waals surface area (Å²) in [5.74, 6) is -0.381. The van der Waals surface area contributed by atoms with Crippen molar-refractivity contribution >= 4 is 17.7 Å². The Morgan fingerprint density at radius 2 is 1.43 bits per heavy atom. The van der Waals surface area contributed by atoms with Gasteiger partial charge >= 0.3 is 12.1 Å². The lowest BCUT2D eigenvalue weighted by molar-refractivity contribution is 0.0378. The van der Waals surface area contributed by atoms with Gasteiger partial charge < -0.3 is 9.47 Å². The van der Waals surface area contributed by atoms with Crippen molar-refractivity contribution in [3.05, 3.63) is 89.5 Å². The Labute approximate surface area is 175 Å². The van der Waals surface area contributed by atoms with Gasteiger partial charge in [0.15, 0.2) is 0 Å². The van der Waals surface area contributed by atoms with Crippen LogP contribution in [0.25, 0.3) is 11.1 Å². The molecule has 1 aliphatic carbocycles. The fourth-order valence-corrected chi connectivity index (χ4v) is 3.72. The van der Waals surface area contributed by atoms with Crippen LogP contribution in [0.2, 0.25) is 0 Å². The van der Waals surface area contributed by atoms with E-state index in [9.17, 15) is 9.59 Å². The van der Waals surface area contributed by atoms with E-state index in [-0.39, 0.29) is 18.6 Å². The molecule has 0 radical (unpaired) electrons. The van der Waals surface area contributed by atoms with Crippen molar-refractivity contribution in [3.8, 4) is 11.1 Å². The van der Waals surface area contributed by atoms with Crippen molar-refractivity contribution in [2.45, 2.75) is 25.9 Å². The summed E-state index contributed by atoms with van der Waals surface area (Å²) >= 11 is 0. The van der Waals surface area contributed by atoms with Crippen molar-refractivity contribution < 1.29 is 19.1 Å². The molecule has 5 heteroatoms. The van der Waals surface area contributed by atoms with Gasteiger partial charge in [0, 0.05) is 11.6 Å². The van der Waals surface area contributed by atoms with E-state index in [0.717, 1.165) is 0 Å². The first-order chi connectivity index (χ1) is 14.5. The van der Waals surface area contributed by atoms with E-state index in [4.69, 9.17) is 9.47 Å². The maximum absolute atomic E-state index is 12.3. The summed E-state index contributed by atoms with van der Waals surface area (Å²) in [5, 5.41) is 2.71. The number of nitrogens with one attached hydrogen (secondary N) is 1. The van der Waals surface area contributed by atoms with E-state index in [0.29, 0.717) is 11.3 Å². The fourth-order valence-electron chi connectivity index (χ4n) is 3.72. The van der Waals surface area contributed by atoms with Gasteiger partial charge in [0.2, 0.25) is 0 Å². The van der Waals surface area contributed by atoms with E-state index in [1.165, 1.54) is 22.3 Å². The molecule has 0 atom stereocenters. The molecule has 1 N–H and O–H groups in total. The molecule has 5 nitrogen and oxygen atoms in total. The normalized spacial score (nSPS) is 12.2. The first-order valence-corrected chi connectivity index (χ1v) is 9.96. The number of anilines is 1. The van der Waals surface area contributed by atoms with Gasteiger partial charge in [-0.05, 0) is 60.4 Å². The van der Waals surface area contributed by atoms with E-state index in [2.05, 4.69) is 29.6 Å². The smallest absolute Gasteiger partial charge is 0.411 e. The van der Waals surface area contributed by atoms with Crippen LogP contribution in [-0.4, -0.2) is 24.8 Å². The van der Waals surface area contributed by atoms with Crippen LogP contribution < -0.4 is 5.32 Å². The third kappa shape index (κ3) is 4.06. The Balaban J connectivity index is 1.39. The summed E-state index contributed by atoms with van der Waals surface area (Å²) in [7, 11) is 0. The van der Waals surface area contributed by atoms with E-state index < -0.39 is 12.1 Å². The molecule has 0 aromatic heterocycles. The molecule has 0 aliphatic heterocycles. The Hall–Kier alpha value is -3.60. The Bertz CT molecular complexity index is 1030. The Kier molecular flexibility index (Phi) is 5.53. The Morgan fingerprint density at radius 3 is 2.00 bits per heavy atom. The van der Waals surface area contributed by atoms with Crippen molar-refractivity contribution in [2.24, 2.45) is 0 Å². The summed E-state index contributed by atoms with van der Waals surface area (Å²) in [5.41, 5.74) is 5.69. The molecule has 0 bridgehead atoms. The number of hydrogen-bond donors (Lipinski definition) is 1. The highest BCUT2D eigenvalue weighted by Gasteiger charge is 2.29. The second kappa shape index (κ2) is 8.41. The molecule has 0 spiro atoms. The molecule has 4 rings (SSSR count). The van der Waals surface area contributed by atoms with E-state index >= 15 is 0 Å². The summed E-state index contributed by atoms with van der Waals surface area (Å²) in [6.07, 6.45) is -0.717. The number of fused-ring (bicyclic) bond motifs is 3. The van der Waals surface area contributed by atoms with Crippen LogP contribution in [0.5, 0.6) is 0 Å². The number of rotatable bonds is 5. The van der Waals surface area contributed by atoms with Gasteiger partial charge in [-0.25, -0.2) is 9.59 Å². The second-order valence-electron chi connectivity index (χ2n) is 7.48. The van der Waals surface area contributed by atoms with Gasteiger partial charge in [-0.1, -0.05) is 48.5 Å². The molecule has 152 valence electrons. The molecule has 1 amide bonds. The predicted octanol–water partition coefficient (Wildman–Crippen LogP) is 5.61. The standard InChI is InChI=1S/C25H23NO4/c1-16(2)30-24(27)17-11-13-18(14-12-17)26-25(28)29-15-23-21-9-5-3-7-19(21)20-8-4-6-10-22(20)23/h3-14,16,23H,15H2,1-2H3,(H,26,28). The third-order valence-electron chi connectivity index (χ3n) is 5.05. The molecule has 0 fully saturated rings. The number of hydrogen-bond acceptors (Lipinski definition) is 4. The molecule has 30 heavy (non-hydrogen) atoms. The topological polar surface area (TPSA) is 64.6 Å². The minimum atomic E-state index is -0.533. The largest absolute Gasteiger partial charge is 0.459 e. The van der Waals surface area contributed by atoms with Crippen LogP contribution in [0.15, 0.2) is 72.8 Å². The molecule has 0 heterocycles. The quantitative estimate of drug-likeness (QED) is 0.564. The molecular weight excluding hydrogens is 378 g/mol. The number of amides is 1. The van der Waals surface area contributed by atoms with Gasteiger partial charge in [-0.3, -0.25) is 5.32 Å². The number of esters is 1. The maximum atomic E-state index is 12.3. The lowest BCUT2D eigenvalue weighted by Crippen LogP contribution is -2.18. The second-order valence-corrected chi connectivity index (χ2v) is 7.48. The van der Waals surface area contributed by atoms with Crippen LogP contribution in [0, 0.1) is 0 Å². The van der Waals surface area contributed by atoms with Crippen molar-refractivity contribution in [2.75, 3.05) is 11.9 Å². The van der Waals surface area contributed by atoms with Crippen LogP contribution in [-0.2, 0) is 9.47 Å². The van der Waals surface area contributed by atoms with Gasteiger partial charge in [0.25, 0.3) is 0 Å². The summed E-state index contributed by atoms with van der Waals surface area (Å²) in [6, 6.07) is 22.9. The van der Waals surface area contributed by atoms with Crippen LogP contribution in [0.3, 0.4) is 0 Å². The highest BCUT2D eigenvalue weighted by molar-refractivity contribution is 5.91. The number of carbonyl (C=O) groups excluding carboxylic acids is 2. The van der Waals surface area contributed by atoms with Gasteiger partial charge in [-0.15, -0.1) is 0 Å².